The highest BCUT2D eigenvalue weighted by atomic mass is 16.5. The minimum atomic E-state index is -0.782. The Morgan fingerprint density at radius 3 is 2.27 bits per heavy atom. The number of hydrogen-bond acceptors (Lipinski definition) is 5. The first-order valence-corrected chi connectivity index (χ1v) is 6.78. The molecule has 1 amide bonds. The van der Waals surface area contributed by atoms with Gasteiger partial charge < -0.3 is 14.4 Å². The fourth-order valence-corrected chi connectivity index (χ4v) is 2.37. The smallest absolute Gasteiger partial charge is 0.313 e. The van der Waals surface area contributed by atoms with Crippen LogP contribution < -0.4 is 0 Å². The molecule has 0 saturated carbocycles. The third kappa shape index (κ3) is 3.16. The Hall–Kier alpha value is -2.63. The molecule has 0 saturated heterocycles. The zero-order chi connectivity index (χ0) is 16.1. The Morgan fingerprint density at radius 2 is 1.68 bits per heavy atom. The van der Waals surface area contributed by atoms with Gasteiger partial charge in [-0.15, -0.1) is 0 Å². The second kappa shape index (κ2) is 6.89. The van der Waals surface area contributed by atoms with Gasteiger partial charge in [0.05, 0.1) is 26.1 Å². The van der Waals surface area contributed by atoms with E-state index in [-0.39, 0.29) is 12.5 Å². The molecule has 0 aliphatic carbocycles. The highest BCUT2D eigenvalue weighted by Crippen LogP contribution is 2.24. The van der Waals surface area contributed by atoms with Gasteiger partial charge in [0.25, 0.3) is 5.91 Å². The molecule has 0 spiro atoms. The van der Waals surface area contributed by atoms with E-state index in [1.54, 1.807) is 24.3 Å². The third-order valence-electron chi connectivity index (χ3n) is 3.56. The van der Waals surface area contributed by atoms with Gasteiger partial charge in [-0.05, 0) is 12.1 Å². The summed E-state index contributed by atoms with van der Waals surface area (Å²) in [6.45, 7) is 0.0661. The molecule has 0 fully saturated rings. The molecular formula is C16H17NO5. The highest BCUT2D eigenvalue weighted by Gasteiger charge is 2.38. The lowest BCUT2D eigenvalue weighted by atomic mass is 9.89. The first-order chi connectivity index (χ1) is 10.6. The van der Waals surface area contributed by atoms with Crippen LogP contribution in [0.25, 0.3) is 0 Å². The highest BCUT2D eigenvalue weighted by molar-refractivity contribution is 5.95. The predicted octanol–water partition coefficient (Wildman–Crippen LogP) is 1.23. The molecule has 0 radical (unpaired) electrons. The lowest BCUT2D eigenvalue weighted by Gasteiger charge is -2.30. The summed E-state index contributed by atoms with van der Waals surface area (Å²) in [4.78, 5) is 37.5. The average Bonchev–Trinajstić information content (AvgIpc) is 2.59. The minimum Gasteiger partial charge on any atom is -0.469 e. The summed E-state index contributed by atoms with van der Waals surface area (Å²) in [5.41, 5.74) is 0.507. The van der Waals surface area contributed by atoms with Crippen LogP contribution in [0.1, 0.15) is 10.4 Å². The minimum absolute atomic E-state index is 0.0661. The molecular weight excluding hydrogens is 286 g/mol. The van der Waals surface area contributed by atoms with E-state index in [0.717, 1.165) is 0 Å². The molecule has 0 aromatic heterocycles. The maximum Gasteiger partial charge on any atom is 0.313 e. The van der Waals surface area contributed by atoms with E-state index in [4.69, 9.17) is 9.47 Å². The van der Waals surface area contributed by atoms with Crippen LogP contribution in [0.5, 0.6) is 0 Å². The van der Waals surface area contributed by atoms with Crippen molar-refractivity contribution in [2.24, 2.45) is 11.8 Å². The maximum atomic E-state index is 12.4. The largest absolute Gasteiger partial charge is 0.469 e. The van der Waals surface area contributed by atoms with E-state index in [0.29, 0.717) is 5.56 Å². The summed E-state index contributed by atoms with van der Waals surface area (Å²) >= 11 is 0. The van der Waals surface area contributed by atoms with E-state index in [1.165, 1.54) is 31.4 Å². The number of carbonyl (C=O) groups excluding carboxylic acids is 3. The number of nitrogens with zero attached hydrogens (tertiary/aromatic N) is 1. The van der Waals surface area contributed by atoms with Crippen LogP contribution in [0.2, 0.25) is 0 Å². The molecule has 1 aliphatic heterocycles. The monoisotopic (exact) mass is 303 g/mol. The molecule has 2 rings (SSSR count). The van der Waals surface area contributed by atoms with E-state index >= 15 is 0 Å². The number of hydrogen-bond donors (Lipinski definition) is 0. The number of methoxy groups -OCH3 is 2. The molecule has 0 bridgehead atoms. The van der Waals surface area contributed by atoms with Crippen molar-refractivity contribution in [3.8, 4) is 0 Å². The van der Waals surface area contributed by atoms with Crippen molar-refractivity contribution in [1.82, 2.24) is 4.90 Å². The van der Waals surface area contributed by atoms with Crippen LogP contribution in [0.4, 0.5) is 0 Å². The quantitative estimate of drug-likeness (QED) is 0.785. The molecule has 6 nitrogen and oxygen atoms in total. The van der Waals surface area contributed by atoms with Gasteiger partial charge in [0.1, 0.15) is 0 Å². The molecule has 22 heavy (non-hydrogen) atoms. The van der Waals surface area contributed by atoms with Crippen molar-refractivity contribution in [3.63, 3.8) is 0 Å². The van der Waals surface area contributed by atoms with Gasteiger partial charge >= 0.3 is 11.9 Å². The topological polar surface area (TPSA) is 72.9 Å². The predicted molar refractivity (Wildman–Crippen MR) is 77.6 cm³/mol. The Kier molecular flexibility index (Phi) is 4.93. The number of esters is 2. The van der Waals surface area contributed by atoms with Crippen LogP contribution in [-0.2, 0) is 19.1 Å². The normalized spacial score (nSPS) is 20.4. The standard InChI is InChI=1S/C16H17NO5/c1-21-15(19)12-8-9-17(10-13(12)16(20)22-2)14(18)11-6-4-3-5-7-11/h3-9,12-13H,10H2,1-2H3. The number of rotatable bonds is 3. The van der Waals surface area contributed by atoms with Crippen LogP contribution in [0.15, 0.2) is 42.6 Å². The van der Waals surface area contributed by atoms with Crippen molar-refractivity contribution in [2.45, 2.75) is 0 Å². The summed E-state index contributed by atoms with van der Waals surface area (Å²) < 4.78 is 9.42. The summed E-state index contributed by atoms with van der Waals surface area (Å²) in [5, 5.41) is 0. The first kappa shape index (κ1) is 15.8. The van der Waals surface area contributed by atoms with Gasteiger partial charge in [-0.3, -0.25) is 14.4 Å². The maximum absolute atomic E-state index is 12.4. The van der Waals surface area contributed by atoms with Crippen LogP contribution in [-0.4, -0.2) is 43.5 Å². The van der Waals surface area contributed by atoms with E-state index < -0.39 is 23.8 Å². The van der Waals surface area contributed by atoms with E-state index in [9.17, 15) is 14.4 Å². The summed E-state index contributed by atoms with van der Waals surface area (Å²) in [6, 6.07) is 8.71. The van der Waals surface area contributed by atoms with Crippen molar-refractivity contribution >= 4 is 17.8 Å². The van der Waals surface area contributed by atoms with Crippen LogP contribution in [0.3, 0.4) is 0 Å². The van der Waals surface area contributed by atoms with Crippen LogP contribution >= 0.6 is 0 Å². The van der Waals surface area contributed by atoms with E-state index in [2.05, 4.69) is 0 Å². The fraction of sp³-hybridized carbons (Fsp3) is 0.312. The lowest BCUT2D eigenvalue weighted by molar-refractivity contribution is -0.156. The van der Waals surface area contributed by atoms with E-state index in [1.807, 2.05) is 6.07 Å². The summed E-state index contributed by atoms with van der Waals surface area (Å²) in [7, 11) is 2.50. The average molecular weight is 303 g/mol. The zero-order valence-corrected chi connectivity index (χ0v) is 12.4. The Labute approximate surface area is 128 Å². The van der Waals surface area contributed by atoms with Crippen molar-refractivity contribution in [3.05, 3.63) is 48.2 Å². The second-order valence-corrected chi connectivity index (χ2v) is 4.84. The molecule has 116 valence electrons. The van der Waals surface area contributed by atoms with Gasteiger partial charge in [0.15, 0.2) is 0 Å². The Balaban J connectivity index is 2.24. The number of carbonyl (C=O) groups is 3. The molecule has 1 aliphatic rings. The first-order valence-electron chi connectivity index (χ1n) is 6.78. The zero-order valence-electron chi connectivity index (χ0n) is 12.4. The molecule has 1 heterocycles. The summed E-state index contributed by atoms with van der Waals surface area (Å²) in [5.74, 6) is -2.86. The molecule has 1 aromatic carbocycles. The van der Waals surface area contributed by atoms with Gasteiger partial charge in [0, 0.05) is 18.3 Å². The van der Waals surface area contributed by atoms with Crippen molar-refractivity contribution < 1.29 is 23.9 Å². The lowest BCUT2D eigenvalue weighted by Crippen LogP contribution is -2.43. The number of amides is 1. The van der Waals surface area contributed by atoms with Gasteiger partial charge in [0.2, 0.25) is 0 Å². The second-order valence-electron chi connectivity index (χ2n) is 4.84. The molecule has 2 atom stereocenters. The van der Waals surface area contributed by atoms with Crippen molar-refractivity contribution in [1.29, 1.82) is 0 Å². The Morgan fingerprint density at radius 1 is 1.05 bits per heavy atom. The third-order valence-corrected chi connectivity index (χ3v) is 3.56. The van der Waals surface area contributed by atoms with Crippen molar-refractivity contribution in [2.75, 3.05) is 20.8 Å². The fourth-order valence-electron chi connectivity index (χ4n) is 2.37. The Bertz CT molecular complexity index is 596. The van der Waals surface area contributed by atoms with Crippen LogP contribution in [0, 0.1) is 11.8 Å². The molecule has 1 aromatic rings. The van der Waals surface area contributed by atoms with Gasteiger partial charge in [-0.25, -0.2) is 0 Å². The SMILES string of the molecule is COC(=O)C1C=CN(C(=O)c2ccccc2)CC1C(=O)OC. The number of ether oxygens (including phenoxy) is 2. The van der Waals surface area contributed by atoms with Gasteiger partial charge in [-0.2, -0.15) is 0 Å². The number of benzene rings is 1. The molecule has 2 unspecified atom stereocenters. The molecule has 0 N–H and O–H groups in total. The molecule has 6 heteroatoms. The van der Waals surface area contributed by atoms with Gasteiger partial charge in [-0.1, -0.05) is 24.3 Å². The summed E-state index contributed by atoms with van der Waals surface area (Å²) in [6.07, 6.45) is 3.01.